The van der Waals surface area contributed by atoms with Crippen LogP contribution >= 0.6 is 0 Å². The van der Waals surface area contributed by atoms with Gasteiger partial charge in [0.05, 0.1) is 18.6 Å². The molecular weight excluding hydrogens is 302 g/mol. The van der Waals surface area contributed by atoms with Crippen molar-refractivity contribution >= 4 is 16.9 Å². The van der Waals surface area contributed by atoms with E-state index in [1.807, 2.05) is 32.3 Å². The summed E-state index contributed by atoms with van der Waals surface area (Å²) in [6, 6.07) is 10.2. The summed E-state index contributed by atoms with van der Waals surface area (Å²) in [6.07, 6.45) is 3.36. The standard InChI is InChI=1S/C17H21N7/c1-3-18-17(21-11-15-22-12-23-24(15)2)20-10-14-7-4-6-13-8-5-9-19-16(13)14/h4-9,12H,3,10-11H2,1-2H3,(H2,18,20,21). The highest BCUT2D eigenvalue weighted by atomic mass is 15.3. The van der Waals surface area contributed by atoms with Crippen molar-refractivity contribution < 1.29 is 0 Å². The molecule has 0 amide bonds. The van der Waals surface area contributed by atoms with E-state index in [4.69, 9.17) is 0 Å². The molecule has 0 atom stereocenters. The number of rotatable bonds is 5. The Balaban J connectivity index is 1.74. The highest BCUT2D eigenvalue weighted by Gasteiger charge is 2.04. The number of nitrogens with zero attached hydrogens (tertiary/aromatic N) is 5. The van der Waals surface area contributed by atoms with Gasteiger partial charge in [-0.05, 0) is 18.6 Å². The van der Waals surface area contributed by atoms with Gasteiger partial charge in [0.1, 0.15) is 12.2 Å². The molecule has 0 saturated carbocycles. The van der Waals surface area contributed by atoms with Crippen LogP contribution in [0, 0.1) is 0 Å². The Labute approximate surface area is 140 Å². The van der Waals surface area contributed by atoms with E-state index >= 15 is 0 Å². The lowest BCUT2D eigenvalue weighted by Gasteiger charge is -2.11. The van der Waals surface area contributed by atoms with Gasteiger partial charge in [0.25, 0.3) is 0 Å². The Hall–Kier alpha value is -2.96. The molecule has 2 N–H and O–H groups in total. The minimum atomic E-state index is 0.558. The minimum Gasteiger partial charge on any atom is -0.357 e. The van der Waals surface area contributed by atoms with E-state index in [9.17, 15) is 0 Å². The first kappa shape index (κ1) is 15.9. The largest absolute Gasteiger partial charge is 0.357 e. The second-order valence-electron chi connectivity index (χ2n) is 5.34. The molecule has 3 aromatic rings. The minimum absolute atomic E-state index is 0.558. The molecule has 0 saturated heterocycles. The predicted octanol–water partition coefficient (Wildman–Crippen LogP) is 1.62. The van der Waals surface area contributed by atoms with E-state index in [2.05, 4.69) is 48.9 Å². The van der Waals surface area contributed by atoms with Gasteiger partial charge in [-0.1, -0.05) is 24.3 Å². The fourth-order valence-electron chi connectivity index (χ4n) is 2.44. The van der Waals surface area contributed by atoms with E-state index in [0.29, 0.717) is 13.1 Å². The molecule has 0 unspecified atom stereocenters. The molecule has 0 aliphatic carbocycles. The quantitative estimate of drug-likeness (QED) is 0.551. The number of nitrogens with one attached hydrogen (secondary N) is 2. The van der Waals surface area contributed by atoms with Gasteiger partial charge in [0.2, 0.25) is 0 Å². The first-order valence-corrected chi connectivity index (χ1v) is 7.95. The average Bonchev–Trinajstić information content (AvgIpc) is 3.02. The average molecular weight is 323 g/mol. The molecule has 0 fully saturated rings. The van der Waals surface area contributed by atoms with Gasteiger partial charge in [-0.2, -0.15) is 5.10 Å². The van der Waals surface area contributed by atoms with Crippen LogP contribution in [0.15, 0.2) is 47.8 Å². The molecule has 3 rings (SSSR count). The van der Waals surface area contributed by atoms with Gasteiger partial charge in [-0.15, -0.1) is 0 Å². The van der Waals surface area contributed by atoms with E-state index in [-0.39, 0.29) is 0 Å². The Morgan fingerprint density at radius 3 is 2.83 bits per heavy atom. The molecule has 0 bridgehead atoms. The Bertz CT molecular complexity index is 832. The van der Waals surface area contributed by atoms with Crippen LogP contribution < -0.4 is 10.6 Å². The number of hydrogen-bond donors (Lipinski definition) is 2. The Morgan fingerprint density at radius 1 is 1.17 bits per heavy atom. The molecule has 0 spiro atoms. The van der Waals surface area contributed by atoms with Crippen LogP contribution in [0.5, 0.6) is 0 Å². The second kappa shape index (κ2) is 7.54. The molecule has 0 aliphatic rings. The Morgan fingerprint density at radius 2 is 2.04 bits per heavy atom. The van der Waals surface area contributed by atoms with E-state index in [1.54, 1.807) is 11.0 Å². The maximum Gasteiger partial charge on any atom is 0.191 e. The third-order valence-corrected chi connectivity index (χ3v) is 3.69. The van der Waals surface area contributed by atoms with Crippen LogP contribution in [0.25, 0.3) is 10.9 Å². The number of aliphatic imine (C=N–C) groups is 1. The fourth-order valence-corrected chi connectivity index (χ4v) is 2.44. The number of fused-ring (bicyclic) bond motifs is 1. The molecule has 7 heteroatoms. The van der Waals surface area contributed by atoms with Crippen LogP contribution in [-0.2, 0) is 20.1 Å². The van der Waals surface area contributed by atoms with Crippen LogP contribution in [0.4, 0.5) is 0 Å². The Kier molecular flexibility index (Phi) is 5.00. The molecule has 1 aromatic carbocycles. The van der Waals surface area contributed by atoms with E-state index < -0.39 is 0 Å². The summed E-state index contributed by atoms with van der Waals surface area (Å²) in [5.74, 6) is 1.60. The third-order valence-electron chi connectivity index (χ3n) is 3.69. The van der Waals surface area contributed by atoms with Gasteiger partial charge in [0.15, 0.2) is 5.96 Å². The summed E-state index contributed by atoms with van der Waals surface area (Å²) < 4.78 is 1.74. The maximum absolute atomic E-state index is 4.66. The zero-order valence-electron chi connectivity index (χ0n) is 13.9. The highest BCUT2D eigenvalue weighted by Crippen LogP contribution is 2.16. The summed E-state index contributed by atoms with van der Waals surface area (Å²) in [5.41, 5.74) is 2.09. The summed E-state index contributed by atoms with van der Waals surface area (Å²) >= 11 is 0. The molecule has 24 heavy (non-hydrogen) atoms. The van der Waals surface area contributed by atoms with Crippen LogP contribution in [0.3, 0.4) is 0 Å². The van der Waals surface area contributed by atoms with Crippen molar-refractivity contribution in [1.82, 2.24) is 30.4 Å². The summed E-state index contributed by atoms with van der Waals surface area (Å²) in [7, 11) is 1.87. The number of guanidine groups is 1. The van der Waals surface area contributed by atoms with E-state index in [0.717, 1.165) is 34.8 Å². The fraction of sp³-hybridized carbons (Fsp3) is 0.294. The van der Waals surface area contributed by atoms with Crippen molar-refractivity contribution in [2.45, 2.75) is 20.0 Å². The number of aryl methyl sites for hydroxylation is 1. The van der Waals surface area contributed by atoms with Crippen molar-refractivity contribution in [3.63, 3.8) is 0 Å². The zero-order valence-corrected chi connectivity index (χ0v) is 13.9. The molecule has 124 valence electrons. The van der Waals surface area contributed by atoms with Crippen molar-refractivity contribution in [1.29, 1.82) is 0 Å². The van der Waals surface area contributed by atoms with Crippen molar-refractivity contribution in [2.75, 3.05) is 6.54 Å². The molecule has 7 nitrogen and oxygen atoms in total. The smallest absolute Gasteiger partial charge is 0.191 e. The molecule has 0 radical (unpaired) electrons. The van der Waals surface area contributed by atoms with Crippen LogP contribution in [0.1, 0.15) is 18.3 Å². The lowest BCUT2D eigenvalue weighted by atomic mass is 10.1. The first-order valence-electron chi connectivity index (χ1n) is 7.95. The number of aromatic nitrogens is 4. The normalized spacial score (nSPS) is 11.7. The summed E-state index contributed by atoms with van der Waals surface area (Å²) in [4.78, 5) is 13.3. The lowest BCUT2D eigenvalue weighted by Crippen LogP contribution is -2.37. The molecule has 2 heterocycles. The maximum atomic E-state index is 4.66. The van der Waals surface area contributed by atoms with Crippen LogP contribution in [-0.4, -0.2) is 32.3 Å². The highest BCUT2D eigenvalue weighted by molar-refractivity contribution is 5.83. The van der Waals surface area contributed by atoms with Gasteiger partial charge in [-0.25, -0.2) is 9.98 Å². The van der Waals surface area contributed by atoms with Gasteiger partial charge in [-0.3, -0.25) is 9.67 Å². The number of para-hydroxylation sites is 1. The van der Waals surface area contributed by atoms with Crippen molar-refractivity contribution in [3.8, 4) is 0 Å². The predicted molar refractivity (Wildman–Crippen MR) is 94.4 cm³/mol. The SMILES string of the molecule is CCNC(=NCc1cccc2cccnc12)NCc1ncnn1C. The second-order valence-corrected chi connectivity index (χ2v) is 5.34. The zero-order chi connectivity index (χ0) is 16.8. The number of hydrogen-bond acceptors (Lipinski definition) is 4. The monoisotopic (exact) mass is 323 g/mol. The molecular formula is C17H21N7. The lowest BCUT2D eigenvalue weighted by molar-refractivity contribution is 0.673. The van der Waals surface area contributed by atoms with Gasteiger partial charge in [0, 0.05) is 25.2 Å². The number of pyridine rings is 1. The summed E-state index contributed by atoms with van der Waals surface area (Å²) in [5, 5.41) is 11.7. The van der Waals surface area contributed by atoms with E-state index in [1.165, 1.54) is 0 Å². The van der Waals surface area contributed by atoms with Crippen LogP contribution in [0.2, 0.25) is 0 Å². The molecule has 2 aromatic heterocycles. The van der Waals surface area contributed by atoms with Gasteiger partial charge < -0.3 is 10.6 Å². The summed E-state index contributed by atoms with van der Waals surface area (Å²) in [6.45, 7) is 3.95. The topological polar surface area (TPSA) is 80.0 Å². The van der Waals surface area contributed by atoms with Crippen molar-refractivity contribution in [3.05, 3.63) is 54.2 Å². The molecule has 0 aliphatic heterocycles. The van der Waals surface area contributed by atoms with Gasteiger partial charge >= 0.3 is 0 Å². The third kappa shape index (κ3) is 3.68. The van der Waals surface area contributed by atoms with Crippen molar-refractivity contribution in [2.24, 2.45) is 12.0 Å². The first-order chi connectivity index (χ1) is 11.8. The number of benzene rings is 1.